The van der Waals surface area contributed by atoms with E-state index in [9.17, 15) is 9.90 Å². The number of rotatable bonds is 11. The first-order chi connectivity index (χ1) is 18.5. The molecule has 4 rings (SSSR count). The maximum atomic E-state index is 12.7. The summed E-state index contributed by atoms with van der Waals surface area (Å²) < 4.78 is 6.01. The van der Waals surface area contributed by atoms with Crippen molar-refractivity contribution in [2.45, 2.75) is 38.1 Å². The summed E-state index contributed by atoms with van der Waals surface area (Å²) in [6.07, 6.45) is 7.43. The third-order valence-electron chi connectivity index (χ3n) is 6.99. The highest BCUT2D eigenvalue weighted by molar-refractivity contribution is 8.13. The van der Waals surface area contributed by atoms with Crippen LogP contribution in [0.4, 0.5) is 0 Å². The molecule has 0 amide bonds. The molecule has 9 heteroatoms. The molecule has 0 saturated carbocycles. The molecule has 2 heterocycles. The Bertz CT molecular complexity index is 1150. The first-order valence-corrected chi connectivity index (χ1v) is 15.1. The van der Waals surface area contributed by atoms with Crippen LogP contribution in [0.2, 0.25) is 10.0 Å². The van der Waals surface area contributed by atoms with E-state index in [1.165, 1.54) is 36.6 Å². The van der Waals surface area contributed by atoms with Crippen LogP contribution in [0.5, 0.6) is 0 Å². The van der Waals surface area contributed by atoms with Crippen molar-refractivity contribution in [3.8, 4) is 0 Å². The summed E-state index contributed by atoms with van der Waals surface area (Å²) in [5.74, 6) is -1.01. The molecule has 0 aromatic heterocycles. The first-order valence-electron chi connectivity index (χ1n) is 13.1. The van der Waals surface area contributed by atoms with Crippen molar-refractivity contribution in [3.05, 3.63) is 81.0 Å². The SMILES string of the molecule is CSC1=NC(COCCN2CCCCC2)=C(C(=O)O)C(c2ccc(Cl)c(Cl)c2)N1CCCc1ccccc1. The van der Waals surface area contributed by atoms with E-state index in [4.69, 9.17) is 32.9 Å². The number of hydrogen-bond donors (Lipinski definition) is 1. The Morgan fingerprint density at radius 3 is 2.53 bits per heavy atom. The summed E-state index contributed by atoms with van der Waals surface area (Å²) in [5.41, 5.74) is 2.69. The van der Waals surface area contributed by atoms with Crippen molar-refractivity contribution in [1.82, 2.24) is 9.80 Å². The van der Waals surface area contributed by atoms with Crippen molar-refractivity contribution in [1.29, 1.82) is 0 Å². The van der Waals surface area contributed by atoms with E-state index in [0.29, 0.717) is 28.9 Å². The third kappa shape index (κ3) is 7.54. The lowest BCUT2D eigenvalue weighted by atomic mass is 9.94. The van der Waals surface area contributed by atoms with Crippen molar-refractivity contribution < 1.29 is 14.6 Å². The van der Waals surface area contributed by atoms with Gasteiger partial charge in [0.1, 0.15) is 0 Å². The number of thioether (sulfide) groups is 1. The maximum absolute atomic E-state index is 12.7. The zero-order chi connectivity index (χ0) is 26.9. The molecule has 2 aromatic rings. The fraction of sp³-hybridized carbons (Fsp3) is 0.448. The van der Waals surface area contributed by atoms with Crippen LogP contribution in [0.1, 0.15) is 42.9 Å². The molecule has 2 aliphatic heterocycles. The minimum atomic E-state index is -1.01. The maximum Gasteiger partial charge on any atom is 0.336 e. The van der Waals surface area contributed by atoms with Gasteiger partial charge in [-0.15, -0.1) is 0 Å². The molecular formula is C29H35Cl2N3O3S. The van der Waals surface area contributed by atoms with Crippen molar-refractivity contribution in [3.63, 3.8) is 0 Å². The Morgan fingerprint density at radius 1 is 1.08 bits per heavy atom. The largest absolute Gasteiger partial charge is 0.478 e. The lowest BCUT2D eigenvalue weighted by Gasteiger charge is -2.38. The van der Waals surface area contributed by atoms with E-state index in [1.807, 2.05) is 30.5 Å². The molecular weight excluding hydrogens is 541 g/mol. The van der Waals surface area contributed by atoms with Gasteiger partial charge in [-0.3, -0.25) is 0 Å². The van der Waals surface area contributed by atoms with Crippen molar-refractivity contribution in [2.24, 2.45) is 4.99 Å². The number of carboxylic acid groups (broad SMARTS) is 1. The predicted octanol–water partition coefficient (Wildman–Crippen LogP) is 6.54. The topological polar surface area (TPSA) is 65.4 Å². The molecule has 1 atom stereocenters. The third-order valence-corrected chi connectivity index (χ3v) is 8.42. The highest BCUT2D eigenvalue weighted by Gasteiger charge is 2.37. The number of amidine groups is 1. The van der Waals surface area contributed by atoms with Gasteiger partial charge in [0.2, 0.25) is 0 Å². The number of aliphatic carboxylic acids is 1. The van der Waals surface area contributed by atoms with Gasteiger partial charge in [-0.1, -0.05) is 77.8 Å². The molecule has 1 fully saturated rings. The molecule has 1 N–H and O–H groups in total. The van der Waals surface area contributed by atoms with Crippen LogP contribution in [0.3, 0.4) is 0 Å². The monoisotopic (exact) mass is 575 g/mol. The number of nitrogens with zero attached hydrogens (tertiary/aromatic N) is 3. The van der Waals surface area contributed by atoms with Crippen LogP contribution in [-0.2, 0) is 16.0 Å². The number of hydrogen-bond acceptors (Lipinski definition) is 6. The molecule has 204 valence electrons. The van der Waals surface area contributed by atoms with E-state index in [-0.39, 0.29) is 12.2 Å². The number of aryl methyl sites for hydroxylation is 1. The Hall–Kier alpha value is -2.03. The summed E-state index contributed by atoms with van der Waals surface area (Å²) >= 11 is 14.1. The Morgan fingerprint density at radius 2 is 1.84 bits per heavy atom. The van der Waals surface area contributed by atoms with Gasteiger partial charge in [-0.2, -0.15) is 0 Å². The molecule has 0 spiro atoms. The molecule has 0 radical (unpaired) electrons. The number of carboxylic acids is 1. The molecule has 1 saturated heterocycles. The number of carbonyl (C=O) groups is 1. The van der Waals surface area contributed by atoms with Gasteiger partial charge in [0, 0.05) is 13.1 Å². The molecule has 2 aliphatic rings. The number of halogens is 2. The summed E-state index contributed by atoms with van der Waals surface area (Å²) in [6, 6.07) is 15.1. The molecule has 2 aromatic carbocycles. The lowest BCUT2D eigenvalue weighted by molar-refractivity contribution is -0.133. The Labute approximate surface area is 239 Å². The van der Waals surface area contributed by atoms with E-state index in [1.54, 1.807) is 12.1 Å². The highest BCUT2D eigenvalue weighted by atomic mass is 35.5. The standard InChI is InChI=1S/C29H35Cl2N3O3S/c1-38-29-32-25(20-37-18-17-33-14-6-3-7-15-33)26(28(35)36)27(22-12-13-23(30)24(31)19-22)34(29)16-8-11-21-9-4-2-5-10-21/h2,4-5,9-10,12-13,19,27H,3,6-8,11,14-18,20H2,1H3,(H,35,36). The number of benzene rings is 2. The number of ether oxygens (including phenoxy) is 1. The molecule has 6 nitrogen and oxygen atoms in total. The zero-order valence-electron chi connectivity index (χ0n) is 21.7. The van der Waals surface area contributed by atoms with E-state index < -0.39 is 12.0 Å². The second kappa shape index (κ2) is 14.4. The summed E-state index contributed by atoms with van der Waals surface area (Å²) in [5, 5.41) is 12.0. The van der Waals surface area contributed by atoms with Crippen LogP contribution in [0.15, 0.2) is 64.8 Å². The summed E-state index contributed by atoms with van der Waals surface area (Å²) in [6.45, 7) is 4.36. The second-order valence-electron chi connectivity index (χ2n) is 9.58. The minimum Gasteiger partial charge on any atom is -0.478 e. The van der Waals surface area contributed by atoms with E-state index in [0.717, 1.165) is 43.2 Å². The van der Waals surface area contributed by atoms with Crippen molar-refractivity contribution in [2.75, 3.05) is 45.6 Å². The first kappa shape index (κ1) is 29.0. The van der Waals surface area contributed by atoms with Gasteiger partial charge in [-0.25, -0.2) is 9.79 Å². The highest BCUT2D eigenvalue weighted by Crippen LogP contribution is 2.39. The summed E-state index contributed by atoms with van der Waals surface area (Å²) in [4.78, 5) is 22.0. The predicted molar refractivity (Wildman–Crippen MR) is 157 cm³/mol. The number of piperidine rings is 1. The van der Waals surface area contributed by atoms with Gasteiger partial charge < -0.3 is 19.6 Å². The van der Waals surface area contributed by atoms with Crippen LogP contribution in [-0.4, -0.2) is 71.7 Å². The fourth-order valence-electron chi connectivity index (χ4n) is 5.07. The van der Waals surface area contributed by atoms with Crippen LogP contribution < -0.4 is 0 Å². The Balaban J connectivity index is 1.58. The Kier molecular flexibility index (Phi) is 11.0. The van der Waals surface area contributed by atoms with Gasteiger partial charge in [0.15, 0.2) is 5.17 Å². The van der Waals surface area contributed by atoms with Crippen molar-refractivity contribution >= 4 is 46.1 Å². The normalized spacial score (nSPS) is 18.6. The average Bonchev–Trinajstić information content (AvgIpc) is 2.93. The smallest absolute Gasteiger partial charge is 0.336 e. The number of likely N-dealkylation sites (tertiary alicyclic amines) is 1. The summed E-state index contributed by atoms with van der Waals surface area (Å²) in [7, 11) is 0. The lowest BCUT2D eigenvalue weighted by Crippen LogP contribution is -2.40. The van der Waals surface area contributed by atoms with Gasteiger partial charge in [0.05, 0.1) is 40.6 Å². The molecule has 0 aliphatic carbocycles. The quantitative estimate of drug-likeness (QED) is 0.307. The second-order valence-corrected chi connectivity index (χ2v) is 11.2. The van der Waals surface area contributed by atoms with E-state index >= 15 is 0 Å². The van der Waals surface area contributed by atoms with Gasteiger partial charge in [0.25, 0.3) is 0 Å². The van der Waals surface area contributed by atoms with Crippen LogP contribution >= 0.6 is 35.0 Å². The minimum absolute atomic E-state index is 0.148. The van der Waals surface area contributed by atoms with Crippen LogP contribution in [0, 0.1) is 0 Å². The van der Waals surface area contributed by atoms with Gasteiger partial charge >= 0.3 is 5.97 Å². The van der Waals surface area contributed by atoms with Crippen LogP contribution in [0.25, 0.3) is 0 Å². The average molecular weight is 577 g/mol. The molecule has 1 unspecified atom stereocenters. The molecule has 38 heavy (non-hydrogen) atoms. The van der Waals surface area contributed by atoms with E-state index in [2.05, 4.69) is 21.9 Å². The number of aliphatic imine (C=N–C) groups is 1. The molecule has 0 bridgehead atoms. The van der Waals surface area contributed by atoms with Gasteiger partial charge in [-0.05, 0) is 68.3 Å². The zero-order valence-corrected chi connectivity index (χ0v) is 24.1. The fourth-order valence-corrected chi connectivity index (χ4v) is 6.01.